The topological polar surface area (TPSA) is 39.2 Å². The third kappa shape index (κ3) is 2.71. The van der Waals surface area contributed by atoms with Crippen LogP contribution in [0.4, 0.5) is 8.78 Å². The summed E-state index contributed by atoms with van der Waals surface area (Å²) in [6.45, 7) is 3.02. The van der Waals surface area contributed by atoms with Crippen LogP contribution in [0.5, 0.6) is 0 Å². The Morgan fingerprint density at radius 2 is 2.20 bits per heavy atom. The second-order valence-corrected chi connectivity index (χ2v) is 3.27. The molecule has 0 saturated heterocycles. The van der Waals surface area contributed by atoms with Gasteiger partial charge in [-0.2, -0.15) is 8.78 Å². The summed E-state index contributed by atoms with van der Waals surface area (Å²) < 4.78 is 31.2. The number of esters is 1. The van der Waals surface area contributed by atoms with Crippen molar-refractivity contribution in [1.29, 1.82) is 0 Å². The Morgan fingerprint density at radius 3 is 2.67 bits per heavy atom. The summed E-state index contributed by atoms with van der Waals surface area (Å²) in [4.78, 5) is 14.6. The van der Waals surface area contributed by atoms with E-state index < -0.39 is 23.6 Å². The first kappa shape index (κ1) is 11.6. The minimum absolute atomic E-state index is 0.462. The third-order valence-corrected chi connectivity index (χ3v) is 1.62. The highest BCUT2D eigenvalue weighted by atomic mass is 19.3. The van der Waals surface area contributed by atoms with Crippen LogP contribution in [0.15, 0.2) is 24.5 Å². The van der Waals surface area contributed by atoms with E-state index in [1.165, 1.54) is 26.1 Å². The Kier molecular flexibility index (Phi) is 3.34. The standard InChI is InChI=1S/C10H11F2NO2/c1-7(2)15-9(14)10(11,12)8-4-3-5-13-6-8/h3-7H,1-2H3. The predicted octanol–water partition coefficient (Wildman–Crippen LogP) is 2.12. The number of pyridine rings is 1. The number of carbonyl (C=O) groups is 1. The number of hydrogen-bond donors (Lipinski definition) is 0. The first-order chi connectivity index (χ1) is 6.94. The molecule has 0 radical (unpaired) electrons. The molecule has 0 aliphatic heterocycles. The lowest BCUT2D eigenvalue weighted by molar-refractivity contribution is -0.177. The van der Waals surface area contributed by atoms with E-state index in [1.807, 2.05) is 0 Å². The van der Waals surface area contributed by atoms with Crippen LogP contribution in [-0.4, -0.2) is 17.1 Å². The highest BCUT2D eigenvalue weighted by Crippen LogP contribution is 2.28. The highest BCUT2D eigenvalue weighted by molar-refractivity contribution is 5.79. The van der Waals surface area contributed by atoms with Gasteiger partial charge in [0.25, 0.3) is 0 Å². The number of halogens is 2. The van der Waals surface area contributed by atoms with E-state index >= 15 is 0 Å². The number of rotatable bonds is 3. The Hall–Kier alpha value is -1.52. The van der Waals surface area contributed by atoms with Gasteiger partial charge in [0.15, 0.2) is 0 Å². The first-order valence-electron chi connectivity index (χ1n) is 4.44. The molecule has 5 heteroatoms. The van der Waals surface area contributed by atoms with Crippen molar-refractivity contribution in [2.75, 3.05) is 0 Å². The summed E-state index contributed by atoms with van der Waals surface area (Å²) in [6.07, 6.45) is 1.73. The fourth-order valence-electron chi connectivity index (χ4n) is 0.954. The lowest BCUT2D eigenvalue weighted by atomic mass is 10.1. The van der Waals surface area contributed by atoms with Crippen LogP contribution in [0.25, 0.3) is 0 Å². The number of carbonyl (C=O) groups excluding carboxylic acids is 1. The normalized spacial score (nSPS) is 11.5. The zero-order valence-electron chi connectivity index (χ0n) is 8.41. The zero-order chi connectivity index (χ0) is 11.5. The molecule has 0 aliphatic carbocycles. The molecule has 0 unspecified atom stereocenters. The molecular formula is C10H11F2NO2. The molecule has 0 amide bonds. The smallest absolute Gasteiger partial charge is 0.382 e. The number of hydrogen-bond acceptors (Lipinski definition) is 3. The molecule has 0 fully saturated rings. The van der Waals surface area contributed by atoms with Gasteiger partial charge in [-0.3, -0.25) is 4.98 Å². The van der Waals surface area contributed by atoms with Crippen molar-refractivity contribution < 1.29 is 18.3 Å². The molecule has 82 valence electrons. The molecule has 1 aromatic rings. The van der Waals surface area contributed by atoms with Gasteiger partial charge >= 0.3 is 11.9 Å². The minimum atomic E-state index is -3.64. The maximum absolute atomic E-state index is 13.4. The van der Waals surface area contributed by atoms with Crippen molar-refractivity contribution in [3.8, 4) is 0 Å². The van der Waals surface area contributed by atoms with E-state index in [1.54, 1.807) is 0 Å². The molecule has 15 heavy (non-hydrogen) atoms. The SMILES string of the molecule is CC(C)OC(=O)C(F)(F)c1cccnc1. The van der Waals surface area contributed by atoms with Crippen LogP contribution in [-0.2, 0) is 15.5 Å². The molecule has 1 heterocycles. The summed E-state index contributed by atoms with van der Waals surface area (Å²) in [5.74, 6) is -5.19. The van der Waals surface area contributed by atoms with Crippen molar-refractivity contribution in [2.45, 2.75) is 25.9 Å². The van der Waals surface area contributed by atoms with Gasteiger partial charge in [-0.05, 0) is 26.0 Å². The van der Waals surface area contributed by atoms with E-state index in [-0.39, 0.29) is 0 Å². The third-order valence-electron chi connectivity index (χ3n) is 1.62. The van der Waals surface area contributed by atoms with Gasteiger partial charge in [-0.1, -0.05) is 0 Å². The largest absolute Gasteiger partial charge is 0.458 e. The van der Waals surface area contributed by atoms with Crippen molar-refractivity contribution in [3.05, 3.63) is 30.1 Å². The first-order valence-corrected chi connectivity index (χ1v) is 4.44. The van der Waals surface area contributed by atoms with Crippen LogP contribution in [0, 0.1) is 0 Å². The van der Waals surface area contributed by atoms with Crippen LogP contribution in [0.3, 0.4) is 0 Å². The fourth-order valence-corrected chi connectivity index (χ4v) is 0.954. The molecule has 0 aliphatic rings. The summed E-state index contributed by atoms with van der Waals surface area (Å²) in [7, 11) is 0. The van der Waals surface area contributed by atoms with E-state index in [0.29, 0.717) is 0 Å². The van der Waals surface area contributed by atoms with E-state index in [9.17, 15) is 13.6 Å². The zero-order valence-corrected chi connectivity index (χ0v) is 8.41. The van der Waals surface area contributed by atoms with Gasteiger partial charge in [0.2, 0.25) is 0 Å². The van der Waals surface area contributed by atoms with Crippen LogP contribution >= 0.6 is 0 Å². The average Bonchev–Trinajstić information content (AvgIpc) is 2.18. The lowest BCUT2D eigenvalue weighted by Crippen LogP contribution is -2.30. The second-order valence-electron chi connectivity index (χ2n) is 3.27. The second kappa shape index (κ2) is 4.33. The molecule has 0 saturated carbocycles. The number of nitrogens with zero attached hydrogens (tertiary/aromatic N) is 1. The van der Waals surface area contributed by atoms with Gasteiger partial charge in [0, 0.05) is 12.4 Å². The van der Waals surface area contributed by atoms with Crippen molar-refractivity contribution in [3.63, 3.8) is 0 Å². The van der Waals surface area contributed by atoms with Crippen LogP contribution < -0.4 is 0 Å². The molecule has 1 rings (SSSR count). The number of aromatic nitrogens is 1. The van der Waals surface area contributed by atoms with Crippen molar-refractivity contribution >= 4 is 5.97 Å². The summed E-state index contributed by atoms with van der Waals surface area (Å²) >= 11 is 0. The van der Waals surface area contributed by atoms with Crippen LogP contribution in [0.2, 0.25) is 0 Å². The van der Waals surface area contributed by atoms with Crippen LogP contribution in [0.1, 0.15) is 19.4 Å². The van der Waals surface area contributed by atoms with Gasteiger partial charge in [-0.25, -0.2) is 4.79 Å². The van der Waals surface area contributed by atoms with E-state index in [4.69, 9.17) is 0 Å². The highest BCUT2D eigenvalue weighted by Gasteiger charge is 2.43. The summed E-state index contributed by atoms with van der Waals surface area (Å²) in [5.41, 5.74) is -0.462. The monoisotopic (exact) mass is 215 g/mol. The number of alkyl halides is 2. The fraction of sp³-hybridized carbons (Fsp3) is 0.400. The molecule has 0 aromatic carbocycles. The molecule has 0 spiro atoms. The number of ether oxygens (including phenoxy) is 1. The molecular weight excluding hydrogens is 204 g/mol. The summed E-state index contributed by atoms with van der Waals surface area (Å²) in [5, 5.41) is 0. The maximum atomic E-state index is 13.4. The lowest BCUT2D eigenvalue weighted by Gasteiger charge is -2.16. The van der Waals surface area contributed by atoms with Crippen molar-refractivity contribution in [1.82, 2.24) is 4.98 Å². The molecule has 1 aromatic heterocycles. The Balaban J connectivity index is 2.88. The van der Waals surface area contributed by atoms with E-state index in [0.717, 1.165) is 12.3 Å². The molecule has 0 atom stereocenters. The van der Waals surface area contributed by atoms with Gasteiger partial charge in [0.1, 0.15) is 0 Å². The Bertz CT molecular complexity index is 339. The van der Waals surface area contributed by atoms with Gasteiger partial charge in [-0.15, -0.1) is 0 Å². The molecule has 0 N–H and O–H groups in total. The molecule has 3 nitrogen and oxygen atoms in total. The Labute approximate surface area is 86.1 Å². The van der Waals surface area contributed by atoms with Gasteiger partial charge in [0.05, 0.1) is 11.7 Å². The van der Waals surface area contributed by atoms with Crippen molar-refractivity contribution in [2.24, 2.45) is 0 Å². The van der Waals surface area contributed by atoms with Gasteiger partial charge < -0.3 is 4.74 Å². The quantitative estimate of drug-likeness (QED) is 0.725. The Morgan fingerprint density at radius 1 is 1.53 bits per heavy atom. The minimum Gasteiger partial charge on any atom is -0.458 e. The maximum Gasteiger partial charge on any atom is 0.382 e. The predicted molar refractivity (Wildman–Crippen MR) is 49.4 cm³/mol. The summed E-state index contributed by atoms with van der Waals surface area (Å²) in [6, 6.07) is 2.47. The van der Waals surface area contributed by atoms with E-state index in [2.05, 4.69) is 9.72 Å². The molecule has 0 bridgehead atoms. The average molecular weight is 215 g/mol.